The van der Waals surface area contributed by atoms with Crippen LogP contribution in [0.1, 0.15) is 12.8 Å². The Kier molecular flexibility index (Phi) is 1.70. The third kappa shape index (κ3) is 2.13. The Bertz CT molecular complexity index is 305. The molecule has 0 aliphatic carbocycles. The maximum atomic E-state index is 11.9. The van der Waals surface area contributed by atoms with Gasteiger partial charge >= 0.3 is 12.4 Å². The smallest absolute Gasteiger partial charge is 0.273 e. The van der Waals surface area contributed by atoms with E-state index < -0.39 is 29.8 Å². The van der Waals surface area contributed by atoms with E-state index in [1.165, 1.54) is 0 Å². The fourth-order valence-electron chi connectivity index (χ4n) is 0.555. The second kappa shape index (κ2) is 2.64. The molecule has 0 radical (unpaired) electrons. The lowest BCUT2D eigenvalue weighted by atomic mass is 10.3. The summed E-state index contributed by atoms with van der Waals surface area (Å²) in [6.07, 6.45) is -10.1. The molecule has 0 atom stereocenters. The summed E-state index contributed by atoms with van der Waals surface area (Å²) in [5.74, 6) is 0. The van der Waals surface area contributed by atoms with Gasteiger partial charge in [-0.15, -0.1) is 0 Å². The lowest BCUT2D eigenvalue weighted by Crippen LogP contribution is -2.06. The van der Waals surface area contributed by atoms with Gasteiger partial charge < -0.3 is 0 Å². The number of H-pyrrole nitrogens is 1. The zero-order chi connectivity index (χ0) is 11.1. The minimum absolute atomic E-state index is 1.14. The molecule has 1 heterocycles. The van der Waals surface area contributed by atoms with Gasteiger partial charge in [0.05, 0.1) is 1.37 Å². The molecule has 1 N–H and O–H groups in total. The Labute approximate surface area is 69.0 Å². The maximum Gasteiger partial charge on any atom is 0.435 e. The molecule has 0 aliphatic rings. The third-order valence-corrected chi connectivity index (χ3v) is 1.07. The number of alkyl halides is 6. The summed E-state index contributed by atoms with van der Waals surface area (Å²) in [7, 11) is 0. The predicted molar refractivity (Wildman–Crippen MR) is 28.6 cm³/mol. The fraction of sp³-hybridized carbons (Fsp3) is 0.400. The molecule has 0 bridgehead atoms. The van der Waals surface area contributed by atoms with Crippen molar-refractivity contribution in [2.75, 3.05) is 0 Å². The van der Waals surface area contributed by atoms with Crippen molar-refractivity contribution in [1.29, 1.82) is 0 Å². The first-order valence-electron chi connectivity index (χ1n) is 3.33. The van der Waals surface area contributed by atoms with Gasteiger partial charge in [-0.05, 0) is 0 Å². The van der Waals surface area contributed by atoms with Crippen molar-refractivity contribution in [1.82, 2.24) is 10.2 Å². The molecule has 0 aromatic carbocycles. The average molecular weight is 205 g/mol. The molecule has 0 amide bonds. The van der Waals surface area contributed by atoms with Gasteiger partial charge in [0.2, 0.25) is 0 Å². The molecule has 1 aromatic rings. The topological polar surface area (TPSA) is 28.7 Å². The highest BCUT2D eigenvalue weighted by Gasteiger charge is 2.39. The second-order valence-electron chi connectivity index (χ2n) is 2.07. The Morgan fingerprint density at radius 1 is 1.15 bits per heavy atom. The number of hydrogen-bond acceptors (Lipinski definition) is 1. The number of nitrogens with one attached hydrogen (secondary N) is 1. The van der Waals surface area contributed by atoms with E-state index in [4.69, 9.17) is 1.37 Å². The molecule has 0 aliphatic heterocycles. The molecule has 1 aromatic heterocycles. The molecule has 1 rings (SSSR count). The number of aromatic amines is 1. The highest BCUT2D eigenvalue weighted by atomic mass is 19.4. The van der Waals surface area contributed by atoms with Gasteiger partial charge in [0.15, 0.2) is 5.69 Å². The molecule has 0 unspecified atom stereocenters. The summed E-state index contributed by atoms with van der Waals surface area (Å²) < 4.78 is 77.9. The van der Waals surface area contributed by atoms with Gasteiger partial charge in [-0.3, -0.25) is 5.10 Å². The predicted octanol–water partition coefficient (Wildman–Crippen LogP) is 2.45. The van der Waals surface area contributed by atoms with Gasteiger partial charge in [0, 0.05) is 6.04 Å². The molecule has 8 heteroatoms. The van der Waals surface area contributed by atoms with Crippen LogP contribution < -0.4 is 0 Å². The maximum absolute atomic E-state index is 11.9. The van der Waals surface area contributed by atoms with Crippen LogP contribution in [0, 0.1) is 0 Å². The van der Waals surface area contributed by atoms with Crippen LogP contribution in [0.5, 0.6) is 0 Å². The lowest BCUT2D eigenvalue weighted by Gasteiger charge is -2.00. The van der Waals surface area contributed by atoms with E-state index >= 15 is 0 Å². The lowest BCUT2D eigenvalue weighted by molar-refractivity contribution is -0.143. The Morgan fingerprint density at radius 3 is 1.92 bits per heavy atom. The molecule has 0 fully saturated rings. The summed E-state index contributed by atoms with van der Waals surface area (Å²) >= 11 is 0. The zero-order valence-corrected chi connectivity index (χ0v) is 5.72. The van der Waals surface area contributed by atoms with Crippen LogP contribution in [0.3, 0.4) is 0 Å². The Morgan fingerprint density at radius 2 is 1.69 bits per heavy atom. The van der Waals surface area contributed by atoms with Crippen molar-refractivity contribution in [3.05, 3.63) is 17.4 Å². The normalized spacial score (nSPS) is 14.5. The van der Waals surface area contributed by atoms with Crippen LogP contribution in [-0.2, 0) is 12.4 Å². The minimum atomic E-state index is -5.06. The minimum Gasteiger partial charge on any atom is -0.273 e. The van der Waals surface area contributed by atoms with E-state index in [0.717, 1.165) is 5.10 Å². The highest BCUT2D eigenvalue weighted by molar-refractivity contribution is 5.13. The van der Waals surface area contributed by atoms with Gasteiger partial charge in [-0.1, -0.05) is 0 Å². The first-order chi connectivity index (χ1) is 6.14. The van der Waals surface area contributed by atoms with Crippen molar-refractivity contribution in [3.63, 3.8) is 0 Å². The molecular weight excluding hydrogens is 202 g/mol. The number of halogens is 6. The fourth-order valence-corrected chi connectivity index (χ4v) is 0.555. The van der Waals surface area contributed by atoms with Gasteiger partial charge in [-0.25, -0.2) is 0 Å². The second-order valence-corrected chi connectivity index (χ2v) is 2.07. The first-order valence-corrected chi connectivity index (χ1v) is 2.83. The van der Waals surface area contributed by atoms with Crippen molar-refractivity contribution >= 4 is 0 Å². The van der Waals surface area contributed by atoms with E-state index in [2.05, 4.69) is 5.10 Å². The largest absolute Gasteiger partial charge is 0.435 e. The van der Waals surface area contributed by atoms with Crippen LogP contribution in [0.15, 0.2) is 6.04 Å². The number of nitrogens with zero attached hydrogens (tertiary/aromatic N) is 1. The Balaban J connectivity index is 3.23. The molecule has 13 heavy (non-hydrogen) atoms. The SMILES string of the molecule is [2H]c1c(C(F)(F)F)n[nH]c1C(F)(F)F. The van der Waals surface area contributed by atoms with Crippen LogP contribution in [0.4, 0.5) is 26.3 Å². The van der Waals surface area contributed by atoms with E-state index in [1.807, 2.05) is 0 Å². The summed E-state index contributed by atoms with van der Waals surface area (Å²) in [4.78, 5) is 0. The van der Waals surface area contributed by atoms with Gasteiger partial charge in [0.25, 0.3) is 0 Å². The van der Waals surface area contributed by atoms with Crippen LogP contribution in [0.25, 0.3) is 0 Å². The highest BCUT2D eigenvalue weighted by Crippen LogP contribution is 2.33. The third-order valence-electron chi connectivity index (χ3n) is 1.07. The van der Waals surface area contributed by atoms with E-state index in [0.29, 0.717) is 0 Å². The van der Waals surface area contributed by atoms with Crippen molar-refractivity contribution in [2.45, 2.75) is 12.4 Å². The van der Waals surface area contributed by atoms with Gasteiger partial charge in [0.1, 0.15) is 5.69 Å². The van der Waals surface area contributed by atoms with E-state index in [-0.39, 0.29) is 0 Å². The zero-order valence-electron chi connectivity index (χ0n) is 6.72. The molecule has 2 nitrogen and oxygen atoms in total. The average Bonchev–Trinajstić information content (AvgIpc) is 2.26. The Hall–Kier alpha value is -1.21. The van der Waals surface area contributed by atoms with Gasteiger partial charge in [-0.2, -0.15) is 31.4 Å². The van der Waals surface area contributed by atoms with Crippen molar-refractivity contribution in [3.8, 4) is 0 Å². The van der Waals surface area contributed by atoms with Crippen molar-refractivity contribution in [2.24, 2.45) is 0 Å². The summed E-state index contributed by atoms with van der Waals surface area (Å²) in [5.41, 5.74) is -3.67. The number of rotatable bonds is 0. The van der Waals surface area contributed by atoms with E-state index in [9.17, 15) is 26.3 Å². The molecule has 0 spiro atoms. The molecule has 74 valence electrons. The molecule has 0 saturated heterocycles. The molecular formula is C5H2F6N2. The van der Waals surface area contributed by atoms with Crippen molar-refractivity contribution < 1.29 is 27.7 Å². The van der Waals surface area contributed by atoms with Crippen LogP contribution in [0.2, 0.25) is 0 Å². The first kappa shape index (κ1) is 8.39. The monoisotopic (exact) mass is 205 g/mol. The molecule has 0 saturated carbocycles. The summed E-state index contributed by atoms with van der Waals surface area (Å²) in [6, 6.07) is -1.69. The number of aromatic nitrogens is 2. The summed E-state index contributed by atoms with van der Waals surface area (Å²) in [5, 5.41) is 3.53. The summed E-state index contributed by atoms with van der Waals surface area (Å²) in [6.45, 7) is 0. The van der Waals surface area contributed by atoms with Crippen LogP contribution >= 0.6 is 0 Å². The van der Waals surface area contributed by atoms with Crippen LogP contribution in [-0.4, -0.2) is 10.2 Å². The quantitative estimate of drug-likeness (QED) is 0.647. The number of hydrogen-bond donors (Lipinski definition) is 1. The standard InChI is InChI=1S/C5H2F6N2/c6-4(7,8)2-1-3(13-12-2)5(9,10)11/h1H,(H,12,13)/i1D. The van der Waals surface area contributed by atoms with E-state index in [1.54, 1.807) is 0 Å².